The molecule has 1 saturated heterocycles. The van der Waals surface area contributed by atoms with Crippen LogP contribution in [-0.4, -0.2) is 40.6 Å². The number of Topliss-reactive ketones (excluding diaryl/α,β-unsaturated/α-hetero) is 1. The molecule has 0 unspecified atom stereocenters. The fourth-order valence-electron chi connectivity index (χ4n) is 3.78. The van der Waals surface area contributed by atoms with Crippen LogP contribution in [0.5, 0.6) is 17.2 Å². The lowest BCUT2D eigenvalue weighted by Gasteiger charge is -2.23. The Kier molecular flexibility index (Phi) is 6.30. The number of phenols is 1. The van der Waals surface area contributed by atoms with Gasteiger partial charge in [-0.1, -0.05) is 6.07 Å². The molecule has 2 N–H and O–H groups in total. The van der Waals surface area contributed by atoms with E-state index in [1.54, 1.807) is 43.3 Å². The number of thiazole rings is 1. The molecule has 176 valence electrons. The van der Waals surface area contributed by atoms with E-state index in [1.807, 2.05) is 13.8 Å². The van der Waals surface area contributed by atoms with Crippen LogP contribution < -0.4 is 14.4 Å². The third kappa shape index (κ3) is 3.99. The van der Waals surface area contributed by atoms with Crippen LogP contribution >= 0.6 is 11.3 Å². The van der Waals surface area contributed by atoms with E-state index in [2.05, 4.69) is 4.98 Å². The number of ether oxygens (including phenoxy) is 2. The molecule has 2 heterocycles. The Hall–Kier alpha value is -3.85. The topological polar surface area (TPSA) is 109 Å². The predicted octanol–water partition coefficient (Wildman–Crippen LogP) is 4.50. The standard InChI is InChI=1S/C25H24N2O6S/c1-5-33-19-12-16(8-11-18(19)28)21-20(22(29)15-6-9-17(32-4)10-7-15)23(30)24(31)27(21)25-26-13(2)14(3)34-25/h6-12,21,28-29H,5H2,1-4H3/t21-/m1/s1. The smallest absolute Gasteiger partial charge is 0.301 e. The van der Waals surface area contributed by atoms with Crippen LogP contribution in [0.25, 0.3) is 5.76 Å². The lowest BCUT2D eigenvalue weighted by molar-refractivity contribution is -0.132. The first-order chi connectivity index (χ1) is 16.3. The van der Waals surface area contributed by atoms with Gasteiger partial charge in [-0.3, -0.25) is 14.5 Å². The van der Waals surface area contributed by atoms with E-state index in [1.165, 1.54) is 29.4 Å². The van der Waals surface area contributed by atoms with Crippen molar-refractivity contribution in [3.05, 3.63) is 69.7 Å². The van der Waals surface area contributed by atoms with Gasteiger partial charge in [0.05, 0.1) is 31.0 Å². The van der Waals surface area contributed by atoms with E-state index in [0.29, 0.717) is 28.6 Å². The van der Waals surface area contributed by atoms with Crippen molar-refractivity contribution >= 4 is 33.9 Å². The SMILES string of the molecule is CCOc1cc([C@@H]2C(=C(O)c3ccc(OC)cc3)C(=O)C(=O)N2c2nc(C)c(C)s2)ccc1O. The molecule has 1 amide bonds. The summed E-state index contributed by atoms with van der Waals surface area (Å²) in [6.07, 6.45) is 0. The van der Waals surface area contributed by atoms with Crippen LogP contribution in [0.15, 0.2) is 48.0 Å². The third-order valence-electron chi connectivity index (χ3n) is 5.63. The van der Waals surface area contributed by atoms with Crippen LogP contribution in [0.2, 0.25) is 0 Å². The zero-order valence-electron chi connectivity index (χ0n) is 19.2. The van der Waals surface area contributed by atoms with E-state index < -0.39 is 17.7 Å². The highest BCUT2D eigenvalue weighted by molar-refractivity contribution is 7.16. The van der Waals surface area contributed by atoms with E-state index in [4.69, 9.17) is 9.47 Å². The molecule has 2 aromatic carbocycles. The van der Waals surface area contributed by atoms with Gasteiger partial charge in [-0.2, -0.15) is 0 Å². The average molecular weight is 481 g/mol. The number of hydrogen-bond donors (Lipinski definition) is 2. The van der Waals surface area contributed by atoms with E-state index in [9.17, 15) is 19.8 Å². The molecule has 3 aromatic rings. The molecule has 1 aliphatic heterocycles. The molecule has 34 heavy (non-hydrogen) atoms. The number of aromatic hydroxyl groups is 1. The number of methoxy groups -OCH3 is 1. The number of hydrogen-bond acceptors (Lipinski definition) is 8. The lowest BCUT2D eigenvalue weighted by Crippen LogP contribution is -2.29. The first-order valence-corrected chi connectivity index (χ1v) is 11.4. The van der Waals surface area contributed by atoms with Gasteiger partial charge in [0, 0.05) is 10.4 Å². The highest BCUT2D eigenvalue weighted by atomic mass is 32.1. The number of amides is 1. The summed E-state index contributed by atoms with van der Waals surface area (Å²) in [6.45, 7) is 5.80. The summed E-state index contributed by atoms with van der Waals surface area (Å²) < 4.78 is 10.7. The van der Waals surface area contributed by atoms with Gasteiger partial charge in [-0.15, -0.1) is 11.3 Å². The molecule has 0 radical (unpaired) electrons. The van der Waals surface area contributed by atoms with Crippen LogP contribution in [0.3, 0.4) is 0 Å². The Morgan fingerprint density at radius 1 is 1.15 bits per heavy atom. The number of ketones is 1. The fraction of sp³-hybridized carbons (Fsp3) is 0.240. The third-order valence-corrected chi connectivity index (χ3v) is 6.70. The van der Waals surface area contributed by atoms with Gasteiger partial charge in [0.2, 0.25) is 0 Å². The van der Waals surface area contributed by atoms with Gasteiger partial charge < -0.3 is 19.7 Å². The first kappa shape index (κ1) is 23.3. The maximum absolute atomic E-state index is 13.2. The van der Waals surface area contributed by atoms with Crippen molar-refractivity contribution < 1.29 is 29.3 Å². The summed E-state index contributed by atoms with van der Waals surface area (Å²) in [5, 5.41) is 21.7. The molecule has 0 spiro atoms. The van der Waals surface area contributed by atoms with Gasteiger partial charge in [-0.25, -0.2) is 4.98 Å². The molecule has 4 rings (SSSR count). The number of anilines is 1. The maximum atomic E-state index is 13.2. The Labute approximate surface area is 200 Å². The number of aromatic nitrogens is 1. The second kappa shape index (κ2) is 9.18. The number of phenolic OH excluding ortho intramolecular Hbond substituents is 1. The van der Waals surface area contributed by atoms with Crippen molar-refractivity contribution in [2.75, 3.05) is 18.6 Å². The molecule has 1 fully saturated rings. The largest absolute Gasteiger partial charge is 0.507 e. The van der Waals surface area contributed by atoms with Gasteiger partial charge in [0.25, 0.3) is 5.78 Å². The summed E-state index contributed by atoms with van der Waals surface area (Å²) in [6, 6.07) is 10.2. The van der Waals surface area contributed by atoms with Gasteiger partial charge in [0.1, 0.15) is 11.5 Å². The summed E-state index contributed by atoms with van der Waals surface area (Å²) >= 11 is 1.29. The quantitative estimate of drug-likeness (QED) is 0.304. The van der Waals surface area contributed by atoms with Crippen molar-refractivity contribution in [3.8, 4) is 17.2 Å². The molecular formula is C25H24N2O6S. The minimum absolute atomic E-state index is 0.0707. The normalized spacial score (nSPS) is 17.3. The van der Waals surface area contributed by atoms with E-state index in [-0.39, 0.29) is 22.8 Å². The van der Waals surface area contributed by atoms with E-state index >= 15 is 0 Å². The molecule has 0 saturated carbocycles. The number of carbonyl (C=O) groups excluding carboxylic acids is 2. The lowest BCUT2D eigenvalue weighted by atomic mass is 9.95. The minimum atomic E-state index is -0.966. The summed E-state index contributed by atoms with van der Waals surface area (Å²) in [7, 11) is 1.53. The average Bonchev–Trinajstić information content (AvgIpc) is 3.30. The predicted molar refractivity (Wildman–Crippen MR) is 129 cm³/mol. The first-order valence-electron chi connectivity index (χ1n) is 10.6. The summed E-state index contributed by atoms with van der Waals surface area (Å²) in [4.78, 5) is 33.2. The summed E-state index contributed by atoms with van der Waals surface area (Å²) in [5.74, 6) is -1.21. The molecular weight excluding hydrogens is 456 g/mol. The van der Waals surface area contributed by atoms with Crippen LogP contribution in [0.4, 0.5) is 5.13 Å². The number of rotatable bonds is 6. The molecule has 1 aromatic heterocycles. The summed E-state index contributed by atoms with van der Waals surface area (Å²) in [5.41, 5.74) is 1.52. The van der Waals surface area contributed by atoms with Crippen molar-refractivity contribution in [3.63, 3.8) is 0 Å². The zero-order chi connectivity index (χ0) is 24.6. The number of nitrogens with zero attached hydrogens (tertiary/aromatic N) is 2. The fourth-order valence-corrected chi connectivity index (χ4v) is 4.72. The van der Waals surface area contributed by atoms with Crippen molar-refractivity contribution in [2.24, 2.45) is 0 Å². The Morgan fingerprint density at radius 2 is 1.85 bits per heavy atom. The van der Waals surface area contributed by atoms with E-state index in [0.717, 1.165) is 10.6 Å². The van der Waals surface area contributed by atoms with Crippen molar-refractivity contribution in [1.29, 1.82) is 0 Å². The minimum Gasteiger partial charge on any atom is -0.507 e. The van der Waals surface area contributed by atoms with Crippen molar-refractivity contribution in [2.45, 2.75) is 26.8 Å². The Balaban J connectivity index is 1.94. The Bertz CT molecular complexity index is 1280. The second-order valence-electron chi connectivity index (χ2n) is 7.70. The van der Waals surface area contributed by atoms with Crippen molar-refractivity contribution in [1.82, 2.24) is 4.98 Å². The van der Waals surface area contributed by atoms with Crippen LogP contribution in [-0.2, 0) is 9.59 Å². The highest BCUT2D eigenvalue weighted by Crippen LogP contribution is 2.45. The molecule has 0 bridgehead atoms. The molecule has 1 aliphatic rings. The van der Waals surface area contributed by atoms with Crippen LogP contribution in [0.1, 0.15) is 34.7 Å². The van der Waals surface area contributed by atoms with Gasteiger partial charge in [0.15, 0.2) is 16.6 Å². The molecule has 9 heteroatoms. The zero-order valence-corrected chi connectivity index (χ0v) is 20.0. The number of aryl methyl sites for hydroxylation is 2. The van der Waals surface area contributed by atoms with Gasteiger partial charge in [-0.05, 0) is 62.7 Å². The number of aliphatic hydroxyl groups excluding tert-OH is 1. The monoisotopic (exact) mass is 480 g/mol. The Morgan fingerprint density at radius 3 is 2.44 bits per heavy atom. The second-order valence-corrected chi connectivity index (χ2v) is 8.88. The number of carbonyl (C=O) groups is 2. The maximum Gasteiger partial charge on any atom is 0.301 e. The molecule has 0 aliphatic carbocycles. The number of aliphatic hydroxyl groups is 1. The molecule has 1 atom stereocenters. The van der Waals surface area contributed by atoms with Crippen LogP contribution in [0, 0.1) is 13.8 Å². The molecule has 8 nitrogen and oxygen atoms in total. The number of benzene rings is 2. The van der Waals surface area contributed by atoms with Gasteiger partial charge >= 0.3 is 5.91 Å². The highest BCUT2D eigenvalue weighted by Gasteiger charge is 2.48.